The predicted octanol–water partition coefficient (Wildman–Crippen LogP) is 4.50. The van der Waals surface area contributed by atoms with Gasteiger partial charge in [-0.1, -0.05) is 26.2 Å². The van der Waals surface area contributed by atoms with Gasteiger partial charge in [-0.25, -0.2) is 4.98 Å². The van der Waals surface area contributed by atoms with Gasteiger partial charge in [0.25, 0.3) is 0 Å². The molecule has 2 atom stereocenters. The van der Waals surface area contributed by atoms with Gasteiger partial charge >= 0.3 is 0 Å². The molecule has 1 saturated carbocycles. The molecule has 1 aliphatic rings. The highest BCUT2D eigenvalue weighted by Gasteiger charge is 2.21. The van der Waals surface area contributed by atoms with Gasteiger partial charge in [-0.2, -0.15) is 4.98 Å². The van der Waals surface area contributed by atoms with Crippen LogP contribution >= 0.6 is 11.3 Å². The number of aromatic nitrogens is 2. The molecular formula is C16H24N4S. The topological polar surface area (TPSA) is 49.8 Å². The van der Waals surface area contributed by atoms with Crippen LogP contribution in [0.5, 0.6) is 0 Å². The van der Waals surface area contributed by atoms with E-state index in [0.717, 1.165) is 28.5 Å². The average Bonchev–Trinajstić information content (AvgIpc) is 2.85. The minimum Gasteiger partial charge on any atom is -0.366 e. The summed E-state index contributed by atoms with van der Waals surface area (Å²) in [5.74, 6) is 2.44. The quantitative estimate of drug-likeness (QED) is 0.816. The molecular weight excluding hydrogens is 280 g/mol. The van der Waals surface area contributed by atoms with E-state index in [1.165, 1.54) is 32.1 Å². The molecule has 2 aromatic heterocycles. The summed E-state index contributed by atoms with van der Waals surface area (Å²) in [6.45, 7) is 5.28. The largest absolute Gasteiger partial charge is 0.366 e. The first-order valence-corrected chi connectivity index (χ1v) is 8.91. The van der Waals surface area contributed by atoms with Crippen molar-refractivity contribution >= 4 is 33.3 Å². The number of nitrogens with zero attached hydrogens (tertiary/aromatic N) is 2. The van der Waals surface area contributed by atoms with Crippen molar-refractivity contribution < 1.29 is 0 Å². The third-order valence-corrected chi connectivity index (χ3v) is 5.15. The molecule has 3 rings (SSSR count). The number of hydrogen-bond acceptors (Lipinski definition) is 5. The van der Waals surface area contributed by atoms with Crippen molar-refractivity contribution in [2.24, 2.45) is 5.92 Å². The van der Waals surface area contributed by atoms with Crippen LogP contribution in [-0.2, 0) is 0 Å². The lowest BCUT2D eigenvalue weighted by atomic mass is 9.97. The molecule has 2 aromatic rings. The Morgan fingerprint density at radius 1 is 1.24 bits per heavy atom. The fourth-order valence-corrected chi connectivity index (χ4v) is 3.85. The summed E-state index contributed by atoms with van der Waals surface area (Å²) in [6.07, 6.45) is 6.60. The van der Waals surface area contributed by atoms with E-state index in [4.69, 9.17) is 4.98 Å². The van der Waals surface area contributed by atoms with Crippen molar-refractivity contribution in [1.29, 1.82) is 0 Å². The maximum Gasteiger partial charge on any atom is 0.226 e. The first kappa shape index (κ1) is 14.6. The highest BCUT2D eigenvalue weighted by atomic mass is 32.1. The molecule has 1 fully saturated rings. The summed E-state index contributed by atoms with van der Waals surface area (Å²) in [4.78, 5) is 10.3. The van der Waals surface area contributed by atoms with E-state index in [-0.39, 0.29) is 0 Å². The smallest absolute Gasteiger partial charge is 0.226 e. The zero-order chi connectivity index (χ0) is 14.7. The van der Waals surface area contributed by atoms with Crippen LogP contribution in [0.3, 0.4) is 0 Å². The standard InChI is InChI=1S/C16H24N4S/c1-3-17-16-19-14(12-9-10-21-15(12)20-16)18-13-8-6-4-5-7-11(13)2/h9-11,13H,3-8H2,1-2H3,(H2,17,18,19,20). The zero-order valence-corrected chi connectivity index (χ0v) is 13.7. The lowest BCUT2D eigenvalue weighted by Crippen LogP contribution is -2.27. The Kier molecular flexibility index (Phi) is 4.58. The van der Waals surface area contributed by atoms with E-state index in [1.807, 2.05) is 0 Å². The molecule has 0 aromatic carbocycles. The number of nitrogens with one attached hydrogen (secondary N) is 2. The number of anilines is 2. The molecule has 114 valence electrons. The Labute approximate surface area is 130 Å². The molecule has 2 N–H and O–H groups in total. The van der Waals surface area contributed by atoms with Crippen LogP contribution in [0.25, 0.3) is 10.2 Å². The molecule has 0 spiro atoms. The third kappa shape index (κ3) is 3.28. The van der Waals surface area contributed by atoms with E-state index >= 15 is 0 Å². The summed E-state index contributed by atoms with van der Waals surface area (Å²) in [7, 11) is 0. The monoisotopic (exact) mass is 304 g/mol. The lowest BCUT2D eigenvalue weighted by Gasteiger charge is -2.24. The summed E-state index contributed by atoms with van der Waals surface area (Å²) >= 11 is 1.68. The zero-order valence-electron chi connectivity index (χ0n) is 12.9. The Morgan fingerprint density at radius 3 is 2.95 bits per heavy atom. The third-order valence-electron chi connectivity index (χ3n) is 4.34. The molecule has 5 heteroatoms. The average molecular weight is 304 g/mol. The van der Waals surface area contributed by atoms with Crippen LogP contribution in [0.1, 0.15) is 46.0 Å². The fourth-order valence-electron chi connectivity index (χ4n) is 3.09. The lowest BCUT2D eigenvalue weighted by molar-refractivity contribution is 0.456. The minimum atomic E-state index is 0.528. The van der Waals surface area contributed by atoms with Crippen molar-refractivity contribution in [3.8, 4) is 0 Å². The van der Waals surface area contributed by atoms with E-state index in [9.17, 15) is 0 Å². The highest BCUT2D eigenvalue weighted by Crippen LogP contribution is 2.30. The van der Waals surface area contributed by atoms with Crippen molar-refractivity contribution in [3.63, 3.8) is 0 Å². The number of fused-ring (bicyclic) bond motifs is 1. The Hall–Kier alpha value is -1.36. The Bertz CT molecular complexity index is 595. The van der Waals surface area contributed by atoms with E-state index in [0.29, 0.717) is 12.0 Å². The van der Waals surface area contributed by atoms with Crippen molar-refractivity contribution in [2.75, 3.05) is 17.2 Å². The molecule has 0 amide bonds. The molecule has 0 bridgehead atoms. The summed E-state index contributed by atoms with van der Waals surface area (Å²) in [6, 6.07) is 2.65. The van der Waals surface area contributed by atoms with Crippen LogP contribution in [0, 0.1) is 5.92 Å². The summed E-state index contributed by atoms with van der Waals surface area (Å²) < 4.78 is 0. The summed E-state index contributed by atoms with van der Waals surface area (Å²) in [5, 5.41) is 10.2. The van der Waals surface area contributed by atoms with Crippen LogP contribution in [0.15, 0.2) is 11.4 Å². The second kappa shape index (κ2) is 6.60. The van der Waals surface area contributed by atoms with Gasteiger partial charge in [-0.15, -0.1) is 11.3 Å². The van der Waals surface area contributed by atoms with Crippen molar-refractivity contribution in [2.45, 2.75) is 52.0 Å². The molecule has 2 unspecified atom stereocenters. The molecule has 2 heterocycles. The van der Waals surface area contributed by atoms with Crippen LogP contribution in [-0.4, -0.2) is 22.6 Å². The SMILES string of the molecule is CCNc1nc(NC2CCCCCC2C)c2ccsc2n1. The molecule has 0 radical (unpaired) electrons. The fraction of sp³-hybridized carbons (Fsp3) is 0.625. The minimum absolute atomic E-state index is 0.528. The second-order valence-corrected chi connectivity index (χ2v) is 6.83. The normalized spacial score (nSPS) is 23.0. The molecule has 0 saturated heterocycles. The first-order chi connectivity index (χ1) is 10.3. The maximum absolute atomic E-state index is 4.70. The molecule has 0 aliphatic heterocycles. The van der Waals surface area contributed by atoms with E-state index < -0.39 is 0 Å². The number of thiophene rings is 1. The maximum atomic E-state index is 4.70. The van der Waals surface area contributed by atoms with Crippen molar-refractivity contribution in [3.05, 3.63) is 11.4 Å². The molecule has 1 aliphatic carbocycles. The van der Waals surface area contributed by atoms with Gasteiger partial charge in [-0.05, 0) is 37.1 Å². The van der Waals surface area contributed by atoms with Crippen molar-refractivity contribution in [1.82, 2.24) is 9.97 Å². The highest BCUT2D eigenvalue weighted by molar-refractivity contribution is 7.16. The van der Waals surface area contributed by atoms with Gasteiger partial charge < -0.3 is 10.6 Å². The Morgan fingerprint density at radius 2 is 2.10 bits per heavy atom. The second-order valence-electron chi connectivity index (χ2n) is 5.93. The van der Waals surface area contributed by atoms with E-state index in [2.05, 4.69) is 40.9 Å². The summed E-state index contributed by atoms with van der Waals surface area (Å²) in [5.41, 5.74) is 0. The van der Waals surface area contributed by atoms with Gasteiger partial charge in [0.1, 0.15) is 10.6 Å². The Balaban J connectivity index is 1.89. The van der Waals surface area contributed by atoms with E-state index in [1.54, 1.807) is 11.3 Å². The van der Waals surface area contributed by atoms with Gasteiger partial charge in [0.15, 0.2) is 0 Å². The molecule has 21 heavy (non-hydrogen) atoms. The van der Waals surface area contributed by atoms with Crippen LogP contribution < -0.4 is 10.6 Å². The van der Waals surface area contributed by atoms with Crippen LogP contribution in [0.2, 0.25) is 0 Å². The van der Waals surface area contributed by atoms with Gasteiger partial charge in [0.05, 0.1) is 5.39 Å². The van der Waals surface area contributed by atoms with Gasteiger partial charge in [0, 0.05) is 12.6 Å². The molecule has 4 nitrogen and oxygen atoms in total. The van der Waals surface area contributed by atoms with Crippen LogP contribution in [0.4, 0.5) is 11.8 Å². The first-order valence-electron chi connectivity index (χ1n) is 8.03. The number of hydrogen-bond donors (Lipinski definition) is 2. The van der Waals surface area contributed by atoms with Gasteiger partial charge in [0.2, 0.25) is 5.95 Å². The number of rotatable bonds is 4. The predicted molar refractivity (Wildman–Crippen MR) is 91.2 cm³/mol. The van der Waals surface area contributed by atoms with Gasteiger partial charge in [-0.3, -0.25) is 0 Å².